The van der Waals surface area contributed by atoms with Gasteiger partial charge in [0, 0.05) is 11.8 Å². The number of nitrogens with zero attached hydrogens (tertiary/aromatic N) is 1. The lowest BCUT2D eigenvalue weighted by molar-refractivity contribution is 0.624. The molecular formula is C11H8BrFN2S. The molecule has 5 heteroatoms. The summed E-state index contributed by atoms with van der Waals surface area (Å²) in [5.41, 5.74) is 2.00. The van der Waals surface area contributed by atoms with E-state index >= 15 is 0 Å². The van der Waals surface area contributed by atoms with Crippen molar-refractivity contribution in [2.75, 3.05) is 0 Å². The molecule has 0 aliphatic rings. The van der Waals surface area contributed by atoms with Gasteiger partial charge in [-0.1, -0.05) is 6.07 Å². The molecule has 2 aromatic rings. The van der Waals surface area contributed by atoms with E-state index in [1.54, 1.807) is 24.4 Å². The van der Waals surface area contributed by atoms with Crippen LogP contribution in [0.5, 0.6) is 0 Å². The molecule has 0 aliphatic heterocycles. The second-order valence-corrected chi connectivity index (χ2v) is 4.59. The molecular weight excluding hydrogens is 291 g/mol. The Hall–Kier alpha value is -1.07. The summed E-state index contributed by atoms with van der Waals surface area (Å²) in [6, 6.07) is 5.14. The van der Waals surface area contributed by atoms with Crippen molar-refractivity contribution in [3.05, 3.63) is 45.0 Å². The van der Waals surface area contributed by atoms with Gasteiger partial charge in [0.2, 0.25) is 0 Å². The molecule has 1 heterocycles. The average molecular weight is 299 g/mol. The summed E-state index contributed by atoms with van der Waals surface area (Å²) in [6.07, 6.45) is 1.63. The maximum atomic E-state index is 13.9. The zero-order valence-corrected chi connectivity index (χ0v) is 10.8. The first-order valence-corrected chi connectivity index (χ1v) is 5.80. The normalized spacial score (nSPS) is 10.4. The third-order valence-electron chi connectivity index (χ3n) is 2.22. The summed E-state index contributed by atoms with van der Waals surface area (Å²) in [4.78, 5) is 6.84. The van der Waals surface area contributed by atoms with Crippen molar-refractivity contribution in [3.8, 4) is 11.3 Å². The number of benzene rings is 1. The summed E-state index contributed by atoms with van der Waals surface area (Å²) < 4.78 is 14.7. The highest BCUT2D eigenvalue weighted by Crippen LogP contribution is 2.27. The molecule has 1 aromatic heterocycles. The average Bonchev–Trinajstić information content (AvgIpc) is 2.26. The molecule has 0 aliphatic carbocycles. The Morgan fingerprint density at radius 1 is 1.44 bits per heavy atom. The van der Waals surface area contributed by atoms with Crippen LogP contribution in [0.4, 0.5) is 4.39 Å². The van der Waals surface area contributed by atoms with Gasteiger partial charge in [-0.15, -0.1) is 0 Å². The van der Waals surface area contributed by atoms with E-state index in [1.165, 1.54) is 0 Å². The van der Waals surface area contributed by atoms with E-state index in [4.69, 9.17) is 12.2 Å². The summed E-state index contributed by atoms with van der Waals surface area (Å²) >= 11 is 8.09. The maximum absolute atomic E-state index is 13.9. The molecule has 16 heavy (non-hydrogen) atoms. The van der Waals surface area contributed by atoms with Crippen molar-refractivity contribution >= 4 is 28.1 Å². The zero-order chi connectivity index (χ0) is 11.7. The zero-order valence-electron chi connectivity index (χ0n) is 8.42. The Labute approximate surface area is 106 Å². The van der Waals surface area contributed by atoms with Gasteiger partial charge >= 0.3 is 0 Å². The predicted octanol–water partition coefficient (Wildman–Crippen LogP) is 4.02. The third-order valence-corrected chi connectivity index (χ3v) is 3.04. The van der Waals surface area contributed by atoms with Crippen molar-refractivity contribution in [2.24, 2.45) is 0 Å². The molecule has 0 amide bonds. The molecule has 0 spiro atoms. The Balaban J connectivity index is 2.72. The van der Waals surface area contributed by atoms with Crippen LogP contribution in [0, 0.1) is 17.5 Å². The number of nitrogens with one attached hydrogen (secondary N) is 1. The van der Waals surface area contributed by atoms with Crippen LogP contribution >= 0.6 is 28.1 Å². The number of rotatable bonds is 1. The second-order valence-electron chi connectivity index (χ2n) is 3.35. The van der Waals surface area contributed by atoms with E-state index in [2.05, 4.69) is 25.9 Å². The van der Waals surface area contributed by atoms with Gasteiger partial charge in [-0.25, -0.2) is 9.37 Å². The second kappa shape index (κ2) is 4.43. The number of aryl methyl sites for hydroxylation is 1. The summed E-state index contributed by atoms with van der Waals surface area (Å²) in [6.45, 7) is 1.86. The highest BCUT2D eigenvalue weighted by atomic mass is 79.9. The predicted molar refractivity (Wildman–Crippen MR) is 67.3 cm³/mol. The molecule has 0 radical (unpaired) electrons. The topological polar surface area (TPSA) is 28.7 Å². The molecule has 1 N–H and O–H groups in total. The van der Waals surface area contributed by atoms with Crippen LogP contribution in [0.2, 0.25) is 0 Å². The number of H-pyrrole nitrogens is 1. The fourth-order valence-electron chi connectivity index (χ4n) is 1.43. The molecule has 0 saturated heterocycles. The van der Waals surface area contributed by atoms with E-state index in [0.717, 1.165) is 5.56 Å². The largest absolute Gasteiger partial charge is 0.330 e. The molecule has 0 bridgehead atoms. The number of hydrogen-bond acceptors (Lipinski definition) is 2. The van der Waals surface area contributed by atoms with Crippen molar-refractivity contribution in [1.82, 2.24) is 9.97 Å². The van der Waals surface area contributed by atoms with Crippen molar-refractivity contribution in [2.45, 2.75) is 6.92 Å². The van der Waals surface area contributed by atoms with Crippen LogP contribution in [0.3, 0.4) is 0 Å². The number of aromatic amines is 1. The van der Waals surface area contributed by atoms with Crippen LogP contribution in [0.15, 0.2) is 28.9 Å². The van der Waals surface area contributed by atoms with Gasteiger partial charge in [0.25, 0.3) is 0 Å². The number of halogens is 2. The minimum absolute atomic E-state index is 0.303. The Bertz CT molecular complexity index is 595. The summed E-state index contributed by atoms with van der Waals surface area (Å²) in [7, 11) is 0. The maximum Gasteiger partial charge on any atom is 0.197 e. The van der Waals surface area contributed by atoms with Crippen LogP contribution in [0.25, 0.3) is 11.3 Å². The van der Waals surface area contributed by atoms with E-state index < -0.39 is 0 Å². The van der Waals surface area contributed by atoms with E-state index in [1.807, 2.05) is 6.92 Å². The minimum atomic E-state index is -0.303. The molecule has 0 fully saturated rings. The van der Waals surface area contributed by atoms with Gasteiger partial charge in [-0.05, 0) is 52.8 Å². The van der Waals surface area contributed by atoms with Gasteiger partial charge in [-0.2, -0.15) is 0 Å². The number of hydrogen-bond donors (Lipinski definition) is 1. The third kappa shape index (κ3) is 2.05. The lowest BCUT2D eigenvalue weighted by Crippen LogP contribution is -1.94. The van der Waals surface area contributed by atoms with Gasteiger partial charge < -0.3 is 4.98 Å². The first-order chi connectivity index (χ1) is 7.59. The van der Waals surface area contributed by atoms with Gasteiger partial charge in [-0.3, -0.25) is 0 Å². The van der Waals surface area contributed by atoms with Crippen molar-refractivity contribution in [1.29, 1.82) is 0 Å². The lowest BCUT2D eigenvalue weighted by atomic mass is 10.1. The first kappa shape index (κ1) is 11.4. The standard InChI is InChI=1S/C11H8BrFN2S/c1-6-5-14-11(16)15-10(6)7-3-2-4-8(12)9(7)13/h2-5H,1H3,(H,14,15,16). The fourth-order valence-corrected chi connectivity index (χ4v) is 1.96. The molecule has 0 saturated carbocycles. The smallest absolute Gasteiger partial charge is 0.197 e. The Morgan fingerprint density at radius 2 is 2.19 bits per heavy atom. The summed E-state index contributed by atoms with van der Waals surface area (Å²) in [5, 5.41) is 0. The molecule has 2 nitrogen and oxygen atoms in total. The minimum Gasteiger partial charge on any atom is -0.330 e. The lowest BCUT2D eigenvalue weighted by Gasteiger charge is -2.07. The SMILES string of the molecule is Cc1cnc(=S)[nH]c1-c1cccc(Br)c1F. The highest BCUT2D eigenvalue weighted by Gasteiger charge is 2.10. The van der Waals surface area contributed by atoms with Crippen molar-refractivity contribution in [3.63, 3.8) is 0 Å². The van der Waals surface area contributed by atoms with Crippen LogP contribution in [0.1, 0.15) is 5.56 Å². The van der Waals surface area contributed by atoms with E-state index in [9.17, 15) is 4.39 Å². The van der Waals surface area contributed by atoms with Gasteiger partial charge in [0.15, 0.2) is 4.77 Å². The molecule has 0 unspecified atom stereocenters. The van der Waals surface area contributed by atoms with Crippen LogP contribution in [-0.2, 0) is 0 Å². The monoisotopic (exact) mass is 298 g/mol. The number of aromatic nitrogens is 2. The Kier molecular flexibility index (Phi) is 3.16. The van der Waals surface area contributed by atoms with Gasteiger partial charge in [0.05, 0.1) is 10.2 Å². The first-order valence-electron chi connectivity index (χ1n) is 4.60. The molecule has 82 valence electrons. The highest BCUT2D eigenvalue weighted by molar-refractivity contribution is 9.10. The molecule has 1 aromatic carbocycles. The van der Waals surface area contributed by atoms with Crippen molar-refractivity contribution < 1.29 is 4.39 Å². The fraction of sp³-hybridized carbons (Fsp3) is 0.0909. The van der Waals surface area contributed by atoms with Crippen LogP contribution in [-0.4, -0.2) is 9.97 Å². The summed E-state index contributed by atoms with van der Waals surface area (Å²) in [5.74, 6) is -0.303. The van der Waals surface area contributed by atoms with E-state index in [0.29, 0.717) is 20.5 Å². The Morgan fingerprint density at radius 3 is 2.94 bits per heavy atom. The molecule has 2 rings (SSSR count). The molecule has 0 atom stereocenters. The quantitative estimate of drug-likeness (QED) is 0.806. The van der Waals surface area contributed by atoms with Crippen LogP contribution < -0.4 is 0 Å². The van der Waals surface area contributed by atoms with Gasteiger partial charge in [0.1, 0.15) is 5.82 Å². The van der Waals surface area contributed by atoms with E-state index in [-0.39, 0.29) is 5.82 Å².